The van der Waals surface area contributed by atoms with E-state index in [1.807, 2.05) is 12.1 Å². The maximum Gasteiger partial charge on any atom is 0.170 e. The van der Waals surface area contributed by atoms with Gasteiger partial charge in [0.1, 0.15) is 5.75 Å². The summed E-state index contributed by atoms with van der Waals surface area (Å²) < 4.78 is 5.39. The van der Waals surface area contributed by atoms with Crippen LogP contribution in [0.15, 0.2) is 23.4 Å². The molecule has 0 saturated heterocycles. The fraction of sp³-hybridized carbons (Fsp3) is 0.533. The third kappa shape index (κ3) is 3.87. The molecule has 0 aliphatic rings. The molecular weight excluding hydrogens is 254 g/mol. The van der Waals surface area contributed by atoms with Crippen LogP contribution >= 0.6 is 0 Å². The Balaban J connectivity index is 3.02. The van der Waals surface area contributed by atoms with E-state index in [9.17, 15) is 0 Å². The molecule has 112 valence electrons. The third-order valence-electron chi connectivity index (χ3n) is 3.67. The van der Waals surface area contributed by atoms with Gasteiger partial charge in [-0.2, -0.15) is 0 Å². The van der Waals surface area contributed by atoms with Crippen LogP contribution in [0.4, 0.5) is 0 Å². The summed E-state index contributed by atoms with van der Waals surface area (Å²) in [5, 5.41) is 11.8. The van der Waals surface area contributed by atoms with Gasteiger partial charge in [0.15, 0.2) is 5.84 Å². The van der Waals surface area contributed by atoms with Crippen LogP contribution in [0.1, 0.15) is 37.8 Å². The van der Waals surface area contributed by atoms with Crippen LogP contribution in [-0.4, -0.2) is 36.1 Å². The van der Waals surface area contributed by atoms with Gasteiger partial charge < -0.3 is 15.7 Å². The predicted octanol–water partition coefficient (Wildman–Crippen LogP) is 2.41. The fourth-order valence-corrected chi connectivity index (χ4v) is 2.43. The lowest BCUT2D eigenvalue weighted by Gasteiger charge is -2.26. The van der Waals surface area contributed by atoms with Crippen LogP contribution in [0.3, 0.4) is 0 Å². The normalized spacial score (nSPS) is 12.2. The Morgan fingerprint density at radius 3 is 2.55 bits per heavy atom. The van der Waals surface area contributed by atoms with Crippen LogP contribution in [-0.2, 0) is 6.54 Å². The minimum Gasteiger partial charge on any atom is -0.496 e. The molecule has 0 fully saturated rings. The van der Waals surface area contributed by atoms with Gasteiger partial charge in [-0.1, -0.05) is 19.0 Å². The van der Waals surface area contributed by atoms with Crippen molar-refractivity contribution in [3.63, 3.8) is 0 Å². The number of rotatable bonds is 7. The number of methoxy groups -OCH3 is 1. The first kappa shape index (κ1) is 16.3. The van der Waals surface area contributed by atoms with E-state index in [1.165, 1.54) is 0 Å². The molecule has 20 heavy (non-hydrogen) atoms. The standard InChI is InChI=1S/C15H25N3O2/c1-5-13(6-2)18(3)10-12-9-11(15(16)17-19)7-8-14(12)20-4/h7-9,13,19H,5-6,10H2,1-4H3,(H2,16,17). The van der Waals surface area contributed by atoms with Crippen LogP contribution in [0.5, 0.6) is 5.75 Å². The molecule has 0 amide bonds. The zero-order valence-corrected chi connectivity index (χ0v) is 12.8. The van der Waals surface area contributed by atoms with Crippen LogP contribution < -0.4 is 10.5 Å². The van der Waals surface area contributed by atoms with Gasteiger partial charge in [0.25, 0.3) is 0 Å². The molecule has 0 aromatic heterocycles. The monoisotopic (exact) mass is 279 g/mol. The van der Waals surface area contributed by atoms with E-state index in [4.69, 9.17) is 15.7 Å². The summed E-state index contributed by atoms with van der Waals surface area (Å²) >= 11 is 0. The van der Waals surface area contributed by atoms with Crippen molar-refractivity contribution in [2.24, 2.45) is 10.9 Å². The number of amidine groups is 1. The molecule has 1 rings (SSSR count). The molecule has 0 aliphatic heterocycles. The van der Waals surface area contributed by atoms with E-state index in [2.05, 4.69) is 31.0 Å². The Morgan fingerprint density at radius 1 is 1.40 bits per heavy atom. The second kappa shape index (κ2) is 7.75. The van der Waals surface area contributed by atoms with Gasteiger partial charge in [-0.25, -0.2) is 0 Å². The summed E-state index contributed by atoms with van der Waals surface area (Å²) in [6, 6.07) is 6.08. The smallest absolute Gasteiger partial charge is 0.170 e. The zero-order valence-electron chi connectivity index (χ0n) is 12.8. The average Bonchev–Trinajstić information content (AvgIpc) is 2.47. The van der Waals surface area contributed by atoms with Gasteiger partial charge in [0.2, 0.25) is 0 Å². The molecule has 0 radical (unpaired) electrons. The first-order valence-electron chi connectivity index (χ1n) is 6.92. The van der Waals surface area contributed by atoms with Gasteiger partial charge in [0, 0.05) is 23.7 Å². The summed E-state index contributed by atoms with van der Waals surface area (Å²) in [6.45, 7) is 5.14. The number of nitrogens with zero attached hydrogens (tertiary/aromatic N) is 2. The molecule has 0 atom stereocenters. The lowest BCUT2D eigenvalue weighted by Crippen LogP contribution is -2.30. The molecule has 5 heteroatoms. The van der Waals surface area contributed by atoms with Crippen molar-refractivity contribution in [1.29, 1.82) is 0 Å². The summed E-state index contributed by atoms with van der Waals surface area (Å²) in [4.78, 5) is 2.30. The molecule has 1 aromatic rings. The van der Waals surface area contributed by atoms with Crippen LogP contribution in [0.25, 0.3) is 0 Å². The minimum absolute atomic E-state index is 0.110. The van der Waals surface area contributed by atoms with E-state index >= 15 is 0 Å². The van der Waals surface area contributed by atoms with E-state index in [0.29, 0.717) is 11.6 Å². The Morgan fingerprint density at radius 2 is 2.05 bits per heavy atom. The third-order valence-corrected chi connectivity index (χ3v) is 3.67. The quantitative estimate of drug-likeness (QED) is 0.348. The maximum absolute atomic E-state index is 8.77. The van der Waals surface area contributed by atoms with Crippen LogP contribution in [0, 0.1) is 0 Å². The summed E-state index contributed by atoms with van der Waals surface area (Å²) in [5.74, 6) is 0.927. The second-order valence-corrected chi connectivity index (χ2v) is 4.90. The maximum atomic E-state index is 8.77. The van der Waals surface area contributed by atoms with E-state index in [-0.39, 0.29) is 5.84 Å². The largest absolute Gasteiger partial charge is 0.496 e. The molecule has 0 saturated carbocycles. The topological polar surface area (TPSA) is 71.1 Å². The van der Waals surface area contributed by atoms with Gasteiger partial charge >= 0.3 is 0 Å². The SMILES string of the molecule is CCC(CC)N(C)Cc1cc(/C(N)=N/O)ccc1OC. The first-order chi connectivity index (χ1) is 9.57. The van der Waals surface area contributed by atoms with E-state index in [1.54, 1.807) is 13.2 Å². The highest BCUT2D eigenvalue weighted by Crippen LogP contribution is 2.23. The summed E-state index contributed by atoms with van der Waals surface area (Å²) in [5.41, 5.74) is 7.37. The number of ether oxygens (including phenoxy) is 1. The van der Waals surface area contributed by atoms with Crippen molar-refractivity contribution in [2.45, 2.75) is 39.3 Å². The molecule has 3 N–H and O–H groups in total. The highest BCUT2D eigenvalue weighted by atomic mass is 16.5. The van der Waals surface area contributed by atoms with Crippen molar-refractivity contribution in [3.05, 3.63) is 29.3 Å². The number of oxime groups is 1. The van der Waals surface area contributed by atoms with Crippen molar-refractivity contribution >= 4 is 5.84 Å². The van der Waals surface area contributed by atoms with Gasteiger partial charge in [0.05, 0.1) is 7.11 Å². The predicted molar refractivity (Wildman–Crippen MR) is 81.3 cm³/mol. The molecule has 5 nitrogen and oxygen atoms in total. The molecular formula is C15H25N3O2. The highest BCUT2D eigenvalue weighted by molar-refractivity contribution is 5.97. The first-order valence-corrected chi connectivity index (χ1v) is 6.92. The molecule has 0 bridgehead atoms. The number of hydrogen-bond acceptors (Lipinski definition) is 4. The number of nitrogens with two attached hydrogens (primary N) is 1. The lowest BCUT2D eigenvalue weighted by atomic mass is 10.1. The van der Waals surface area contributed by atoms with Gasteiger partial charge in [-0.05, 0) is 38.1 Å². The Hall–Kier alpha value is -1.75. The Bertz CT molecular complexity index is 456. The van der Waals surface area contributed by atoms with E-state index in [0.717, 1.165) is 30.7 Å². The van der Waals surface area contributed by atoms with Crippen molar-refractivity contribution in [3.8, 4) is 5.75 Å². The van der Waals surface area contributed by atoms with Gasteiger partial charge in [-0.15, -0.1) is 0 Å². The zero-order chi connectivity index (χ0) is 15.1. The number of hydrogen-bond donors (Lipinski definition) is 2. The van der Waals surface area contributed by atoms with Crippen molar-refractivity contribution in [2.75, 3.05) is 14.2 Å². The summed E-state index contributed by atoms with van der Waals surface area (Å²) in [6.07, 6.45) is 2.21. The average molecular weight is 279 g/mol. The second-order valence-electron chi connectivity index (χ2n) is 4.90. The Labute approximate surface area is 121 Å². The van der Waals surface area contributed by atoms with Crippen LogP contribution in [0.2, 0.25) is 0 Å². The molecule has 0 heterocycles. The Kier molecular flexibility index (Phi) is 6.31. The molecule has 0 aliphatic carbocycles. The minimum atomic E-state index is 0.110. The van der Waals surface area contributed by atoms with Crippen molar-refractivity contribution < 1.29 is 9.94 Å². The van der Waals surface area contributed by atoms with Crippen molar-refractivity contribution in [1.82, 2.24) is 4.90 Å². The van der Waals surface area contributed by atoms with E-state index < -0.39 is 0 Å². The number of benzene rings is 1. The molecule has 0 spiro atoms. The fourth-order valence-electron chi connectivity index (χ4n) is 2.43. The molecule has 0 unspecified atom stereocenters. The summed E-state index contributed by atoms with van der Waals surface area (Å²) in [7, 11) is 3.76. The molecule has 1 aromatic carbocycles. The highest BCUT2D eigenvalue weighted by Gasteiger charge is 2.14. The lowest BCUT2D eigenvalue weighted by molar-refractivity contribution is 0.219. The van der Waals surface area contributed by atoms with Gasteiger partial charge in [-0.3, -0.25) is 4.90 Å².